The first-order valence-corrected chi connectivity index (χ1v) is 20.1. The highest BCUT2D eigenvalue weighted by molar-refractivity contribution is 7.98. The van der Waals surface area contributed by atoms with Gasteiger partial charge in [0.1, 0.15) is 30.8 Å². The molecule has 0 aromatic heterocycles. The van der Waals surface area contributed by atoms with E-state index in [-0.39, 0.29) is 51.2 Å². The summed E-state index contributed by atoms with van der Waals surface area (Å²) in [7, 11) is 0. The van der Waals surface area contributed by atoms with Gasteiger partial charge in [-0.05, 0) is 61.2 Å². The van der Waals surface area contributed by atoms with E-state index in [9.17, 15) is 38.7 Å². The molecule has 1 aliphatic heterocycles. The molecule has 1 heterocycles. The van der Waals surface area contributed by atoms with Crippen LogP contribution >= 0.6 is 11.8 Å². The number of unbranched alkanes of at least 4 members (excludes halogenated alkanes) is 1. The summed E-state index contributed by atoms with van der Waals surface area (Å²) in [4.78, 5) is 95.6. The second kappa shape index (κ2) is 24.4. The number of hydroxylamine groups is 2. The molecule has 6 amide bonds. The Kier molecular flexibility index (Phi) is 19.7. The van der Waals surface area contributed by atoms with Crippen molar-refractivity contribution in [2.24, 2.45) is 5.92 Å². The molecule has 56 heavy (non-hydrogen) atoms. The normalized spacial score (nSPS) is 15.8. The molecule has 0 aliphatic carbocycles. The summed E-state index contributed by atoms with van der Waals surface area (Å²) in [5, 5.41) is 24.1. The van der Waals surface area contributed by atoms with Crippen LogP contribution in [-0.4, -0.2) is 101 Å². The van der Waals surface area contributed by atoms with Crippen LogP contribution in [0.15, 0.2) is 60.7 Å². The average molecular weight is 799 g/mol. The third-order valence-corrected chi connectivity index (χ3v) is 9.42. The maximum Gasteiger partial charge on any atom is 0.407 e. The molecule has 0 bridgehead atoms. The number of carbonyl (C=O) groups is 7. The quantitative estimate of drug-likeness (QED) is 0.0667. The molecule has 1 aliphatic rings. The van der Waals surface area contributed by atoms with Gasteiger partial charge in [0.05, 0.1) is 0 Å². The fourth-order valence-electron chi connectivity index (χ4n) is 5.79. The second-order valence-electron chi connectivity index (χ2n) is 13.8. The van der Waals surface area contributed by atoms with Gasteiger partial charge in [0, 0.05) is 25.8 Å². The minimum atomic E-state index is -1.34. The molecule has 5 atom stereocenters. The molecule has 0 saturated carbocycles. The molecule has 2 aromatic rings. The van der Waals surface area contributed by atoms with Crippen molar-refractivity contribution in [2.45, 2.75) is 102 Å². The zero-order valence-electron chi connectivity index (χ0n) is 32.1. The van der Waals surface area contributed by atoms with Crippen LogP contribution < -0.4 is 26.6 Å². The molecule has 5 unspecified atom stereocenters. The minimum absolute atomic E-state index is 0.0165. The predicted molar refractivity (Wildman–Crippen MR) is 208 cm³/mol. The highest BCUT2D eigenvalue weighted by atomic mass is 32.2. The zero-order chi connectivity index (χ0) is 40.9. The van der Waals surface area contributed by atoms with E-state index >= 15 is 0 Å². The Morgan fingerprint density at radius 3 is 2.07 bits per heavy atom. The van der Waals surface area contributed by atoms with Gasteiger partial charge in [-0.25, -0.2) is 9.59 Å². The lowest BCUT2D eigenvalue weighted by Crippen LogP contribution is -2.58. The molecular formula is C39H54N6O10S. The average Bonchev–Trinajstić information content (AvgIpc) is 3.50. The van der Waals surface area contributed by atoms with Crippen LogP contribution in [0.4, 0.5) is 4.79 Å². The number of thioether (sulfide) groups is 1. The number of hydrogen-bond acceptors (Lipinski definition) is 11. The van der Waals surface area contributed by atoms with E-state index in [2.05, 4.69) is 26.6 Å². The molecule has 6 N–H and O–H groups in total. The molecular weight excluding hydrogens is 745 g/mol. The van der Waals surface area contributed by atoms with E-state index < -0.39 is 66.1 Å². The van der Waals surface area contributed by atoms with Crippen LogP contribution in [0.3, 0.4) is 0 Å². The Hall–Kier alpha value is -5.16. The van der Waals surface area contributed by atoms with Crippen molar-refractivity contribution >= 4 is 53.9 Å². The standard InChI is InChI=1S/C39H54N6O10S/c1-26(2)22-31(43-35(49)29(41-25-46)19-21-56-3)36(50)44-32(23-27-12-6-4-7-13-27)37(51)42-30(38(52)55-45-33(47)17-18-34(45)48)16-10-11-20-40-39(53)54-24-28-14-8-5-9-15-28/h4-9,12-15,25-26,29-33,47H,10-11,16-24H2,1-3H3,(H,40,53)(H,41,46)(H,42,51)(H,43,49)(H,44,50). The van der Waals surface area contributed by atoms with Crippen LogP contribution in [0, 0.1) is 5.92 Å². The van der Waals surface area contributed by atoms with Crippen molar-refractivity contribution in [1.29, 1.82) is 0 Å². The lowest BCUT2D eigenvalue weighted by Gasteiger charge is -2.27. The molecule has 3 rings (SSSR count). The van der Waals surface area contributed by atoms with Gasteiger partial charge in [0.25, 0.3) is 5.91 Å². The number of hydrogen-bond donors (Lipinski definition) is 6. The second-order valence-corrected chi connectivity index (χ2v) is 14.7. The van der Waals surface area contributed by atoms with E-state index in [0.717, 1.165) is 5.56 Å². The molecule has 306 valence electrons. The van der Waals surface area contributed by atoms with Gasteiger partial charge in [0.2, 0.25) is 24.1 Å². The van der Waals surface area contributed by atoms with E-state index in [1.165, 1.54) is 11.8 Å². The summed E-state index contributed by atoms with van der Waals surface area (Å²) in [6.07, 6.45) is 1.66. The monoisotopic (exact) mass is 798 g/mol. The zero-order valence-corrected chi connectivity index (χ0v) is 32.9. The van der Waals surface area contributed by atoms with Gasteiger partial charge in [-0.15, -0.1) is 5.06 Å². The van der Waals surface area contributed by atoms with Gasteiger partial charge >= 0.3 is 12.1 Å². The predicted octanol–water partition coefficient (Wildman–Crippen LogP) is 2.09. The van der Waals surface area contributed by atoms with Gasteiger partial charge in [-0.2, -0.15) is 11.8 Å². The van der Waals surface area contributed by atoms with Gasteiger partial charge in [-0.3, -0.25) is 24.0 Å². The molecule has 2 aromatic carbocycles. The molecule has 16 nitrogen and oxygen atoms in total. The van der Waals surface area contributed by atoms with Crippen molar-refractivity contribution in [2.75, 3.05) is 18.6 Å². The van der Waals surface area contributed by atoms with Crippen molar-refractivity contribution in [3.05, 3.63) is 71.8 Å². The summed E-state index contributed by atoms with van der Waals surface area (Å²) in [6, 6.07) is 13.6. The first-order chi connectivity index (χ1) is 26.9. The third kappa shape index (κ3) is 15.9. The van der Waals surface area contributed by atoms with Gasteiger partial charge in [0.15, 0.2) is 6.23 Å². The number of benzene rings is 2. The molecule has 1 saturated heterocycles. The highest BCUT2D eigenvalue weighted by Gasteiger charge is 2.36. The molecule has 1 fully saturated rings. The van der Waals surface area contributed by atoms with Crippen LogP contribution in [0.25, 0.3) is 0 Å². The third-order valence-electron chi connectivity index (χ3n) is 8.78. The van der Waals surface area contributed by atoms with Crippen LogP contribution in [0.1, 0.15) is 69.9 Å². The Labute approximate surface area is 331 Å². The number of nitrogens with zero attached hydrogens (tertiary/aromatic N) is 1. The molecule has 0 spiro atoms. The first-order valence-electron chi connectivity index (χ1n) is 18.7. The molecule has 0 radical (unpaired) electrons. The Morgan fingerprint density at radius 2 is 1.46 bits per heavy atom. The van der Waals surface area contributed by atoms with E-state index in [4.69, 9.17) is 9.57 Å². The first kappa shape index (κ1) is 45.2. The summed E-state index contributed by atoms with van der Waals surface area (Å²) in [5.41, 5.74) is 1.52. The van der Waals surface area contributed by atoms with Gasteiger partial charge in [-0.1, -0.05) is 74.5 Å². The van der Waals surface area contributed by atoms with E-state index in [0.29, 0.717) is 42.1 Å². The van der Waals surface area contributed by atoms with Crippen LogP contribution in [0.2, 0.25) is 0 Å². The number of nitrogens with one attached hydrogen (secondary N) is 5. The lowest BCUT2D eigenvalue weighted by atomic mass is 10.00. The smallest absolute Gasteiger partial charge is 0.407 e. The molecule has 17 heteroatoms. The Bertz CT molecular complexity index is 1580. The maximum absolute atomic E-state index is 14.0. The van der Waals surface area contributed by atoms with Crippen LogP contribution in [-0.2, 0) is 51.4 Å². The van der Waals surface area contributed by atoms with E-state index in [1.807, 2.05) is 50.4 Å². The number of aliphatic hydroxyl groups is 1. The van der Waals surface area contributed by atoms with E-state index in [1.54, 1.807) is 30.3 Å². The number of ether oxygens (including phenoxy) is 1. The van der Waals surface area contributed by atoms with Crippen molar-refractivity contribution in [3.8, 4) is 0 Å². The number of aliphatic hydroxyl groups excluding tert-OH is 1. The summed E-state index contributed by atoms with van der Waals surface area (Å²) in [6.45, 7) is 4.03. The number of alkyl carbamates (subject to hydrolysis) is 1. The van der Waals surface area contributed by atoms with Gasteiger partial charge < -0.3 is 41.3 Å². The largest absolute Gasteiger partial charge is 0.445 e. The van der Waals surface area contributed by atoms with Crippen molar-refractivity contribution in [3.63, 3.8) is 0 Å². The van der Waals surface area contributed by atoms with Crippen molar-refractivity contribution in [1.82, 2.24) is 31.6 Å². The summed E-state index contributed by atoms with van der Waals surface area (Å²) < 4.78 is 5.23. The Morgan fingerprint density at radius 1 is 0.857 bits per heavy atom. The van der Waals surface area contributed by atoms with Crippen molar-refractivity contribution < 1.29 is 48.2 Å². The fourth-order valence-corrected chi connectivity index (χ4v) is 6.26. The van der Waals surface area contributed by atoms with Crippen LogP contribution in [0.5, 0.6) is 0 Å². The minimum Gasteiger partial charge on any atom is -0.445 e. The number of amides is 6. The summed E-state index contributed by atoms with van der Waals surface area (Å²) in [5.74, 6) is -2.98. The topological polar surface area (TPSA) is 222 Å². The maximum atomic E-state index is 14.0. The number of carbonyl (C=O) groups excluding carboxylic acids is 7. The SMILES string of the molecule is CSCCC(NC=O)C(=O)NC(CC(C)C)C(=O)NC(Cc1ccccc1)C(=O)NC(CCCCNC(=O)OCc1ccccc1)C(=O)ON1C(=O)CCC1O. The fraction of sp³-hybridized carbons (Fsp3) is 0.513. The lowest BCUT2D eigenvalue weighted by molar-refractivity contribution is -0.222. The summed E-state index contributed by atoms with van der Waals surface area (Å²) >= 11 is 1.50. The number of rotatable bonds is 24. The highest BCUT2D eigenvalue weighted by Crippen LogP contribution is 2.18. The Balaban J connectivity index is 1.74.